The Morgan fingerprint density at radius 1 is 1.44 bits per heavy atom. The zero-order chi connectivity index (χ0) is 11.6. The number of Topliss-reactive ketones (excluding diaryl/α,β-unsaturated/α-hetero) is 1. The van der Waals surface area contributed by atoms with Crippen LogP contribution in [0.5, 0.6) is 0 Å². The fourth-order valence-electron chi connectivity index (χ4n) is 2.68. The van der Waals surface area contributed by atoms with Gasteiger partial charge in [0.05, 0.1) is 18.1 Å². The zero-order valence-electron chi connectivity index (χ0n) is 10.0. The lowest BCUT2D eigenvalue weighted by Crippen LogP contribution is -2.49. The summed E-state index contributed by atoms with van der Waals surface area (Å²) in [5.74, 6) is 0.330. The molecule has 0 aliphatic heterocycles. The van der Waals surface area contributed by atoms with E-state index in [1.807, 2.05) is 20.2 Å². The predicted octanol–water partition coefficient (Wildman–Crippen LogP) is 2.27. The summed E-state index contributed by atoms with van der Waals surface area (Å²) < 4.78 is 5.01. The lowest BCUT2D eigenvalue weighted by Gasteiger charge is -2.34. The Kier molecular flexibility index (Phi) is 3.15. The second-order valence-corrected chi connectivity index (χ2v) is 4.86. The minimum absolute atomic E-state index is 0.225. The molecule has 3 nitrogen and oxygen atoms in total. The number of furan rings is 1. The third-order valence-corrected chi connectivity index (χ3v) is 3.75. The smallest absolute Gasteiger partial charge is 0.157 e. The van der Waals surface area contributed by atoms with E-state index in [1.54, 1.807) is 12.5 Å². The van der Waals surface area contributed by atoms with Gasteiger partial charge < -0.3 is 4.42 Å². The molecule has 1 fully saturated rings. The van der Waals surface area contributed by atoms with Crippen LogP contribution in [0.25, 0.3) is 0 Å². The number of ketones is 1. The quantitative estimate of drug-likeness (QED) is 0.782. The van der Waals surface area contributed by atoms with Crippen LogP contribution < -0.4 is 0 Å². The molecule has 0 spiro atoms. The topological polar surface area (TPSA) is 33.5 Å². The molecule has 1 aromatic rings. The van der Waals surface area contributed by atoms with Gasteiger partial charge in [-0.2, -0.15) is 0 Å². The van der Waals surface area contributed by atoms with Gasteiger partial charge in [-0.05, 0) is 38.6 Å². The zero-order valence-corrected chi connectivity index (χ0v) is 10.0. The molecule has 0 radical (unpaired) electrons. The van der Waals surface area contributed by atoms with Crippen LogP contribution >= 0.6 is 0 Å². The van der Waals surface area contributed by atoms with E-state index in [9.17, 15) is 4.79 Å². The Hall–Kier alpha value is -1.09. The first-order valence-electron chi connectivity index (χ1n) is 5.87. The predicted molar refractivity (Wildman–Crippen MR) is 62.3 cm³/mol. The maximum Gasteiger partial charge on any atom is 0.157 e. The van der Waals surface area contributed by atoms with Crippen molar-refractivity contribution in [3.63, 3.8) is 0 Å². The number of likely N-dealkylation sites (N-methyl/N-ethyl adjacent to an activating group) is 1. The molecular formula is C13H19NO2. The highest BCUT2D eigenvalue weighted by Crippen LogP contribution is 2.35. The fourth-order valence-corrected chi connectivity index (χ4v) is 2.68. The SMILES string of the molecule is CN(C)C1(C(=O)Cc2ccoc2)CCCC1. The van der Waals surface area contributed by atoms with Crippen molar-refractivity contribution in [3.8, 4) is 0 Å². The van der Waals surface area contributed by atoms with Crippen molar-refractivity contribution in [2.45, 2.75) is 37.6 Å². The van der Waals surface area contributed by atoms with Crippen molar-refractivity contribution in [3.05, 3.63) is 24.2 Å². The van der Waals surface area contributed by atoms with Crippen LogP contribution in [-0.4, -0.2) is 30.3 Å². The normalized spacial score (nSPS) is 19.2. The highest BCUT2D eigenvalue weighted by Gasteiger charge is 2.42. The fraction of sp³-hybridized carbons (Fsp3) is 0.615. The van der Waals surface area contributed by atoms with Gasteiger partial charge in [0.15, 0.2) is 5.78 Å². The molecule has 1 heterocycles. The summed E-state index contributed by atoms with van der Waals surface area (Å²) in [4.78, 5) is 14.5. The van der Waals surface area contributed by atoms with Gasteiger partial charge in [0.25, 0.3) is 0 Å². The number of hydrogen-bond acceptors (Lipinski definition) is 3. The van der Waals surface area contributed by atoms with Crippen LogP contribution in [0.2, 0.25) is 0 Å². The van der Waals surface area contributed by atoms with Gasteiger partial charge in [-0.15, -0.1) is 0 Å². The number of nitrogens with zero attached hydrogens (tertiary/aromatic N) is 1. The molecule has 0 atom stereocenters. The third kappa shape index (κ3) is 1.92. The molecule has 3 heteroatoms. The summed E-state index contributed by atoms with van der Waals surface area (Å²) in [7, 11) is 4.02. The number of rotatable bonds is 4. The minimum atomic E-state index is -0.225. The average molecular weight is 221 g/mol. The summed E-state index contributed by atoms with van der Waals surface area (Å²) in [5, 5.41) is 0. The van der Waals surface area contributed by atoms with Crippen molar-refractivity contribution in [1.82, 2.24) is 4.90 Å². The van der Waals surface area contributed by atoms with Crippen molar-refractivity contribution in [2.24, 2.45) is 0 Å². The van der Waals surface area contributed by atoms with Crippen LogP contribution in [0.3, 0.4) is 0 Å². The Bertz CT molecular complexity index is 348. The lowest BCUT2D eigenvalue weighted by molar-refractivity contribution is -0.128. The molecule has 88 valence electrons. The van der Waals surface area contributed by atoms with Gasteiger partial charge in [0, 0.05) is 6.42 Å². The van der Waals surface area contributed by atoms with Crippen molar-refractivity contribution >= 4 is 5.78 Å². The maximum absolute atomic E-state index is 12.4. The van der Waals surface area contributed by atoms with E-state index in [-0.39, 0.29) is 5.54 Å². The molecule has 0 aromatic carbocycles. The standard InChI is InChI=1S/C13H19NO2/c1-14(2)13(6-3-4-7-13)12(15)9-11-5-8-16-10-11/h5,8,10H,3-4,6-7,9H2,1-2H3. The number of carbonyl (C=O) groups is 1. The molecule has 1 saturated carbocycles. The summed E-state index contributed by atoms with van der Waals surface area (Å²) in [6, 6.07) is 1.87. The molecule has 2 rings (SSSR count). The molecule has 1 aliphatic carbocycles. The number of carbonyl (C=O) groups excluding carboxylic acids is 1. The number of hydrogen-bond donors (Lipinski definition) is 0. The molecule has 0 saturated heterocycles. The van der Waals surface area contributed by atoms with Crippen LogP contribution in [0.4, 0.5) is 0 Å². The van der Waals surface area contributed by atoms with Crippen molar-refractivity contribution in [1.29, 1.82) is 0 Å². The van der Waals surface area contributed by atoms with E-state index >= 15 is 0 Å². The first kappa shape index (κ1) is 11.4. The van der Waals surface area contributed by atoms with E-state index in [0.717, 1.165) is 31.2 Å². The Morgan fingerprint density at radius 3 is 2.62 bits per heavy atom. The minimum Gasteiger partial charge on any atom is -0.472 e. The second-order valence-electron chi connectivity index (χ2n) is 4.86. The average Bonchev–Trinajstić information content (AvgIpc) is 2.87. The van der Waals surface area contributed by atoms with Gasteiger partial charge in [-0.25, -0.2) is 0 Å². The molecule has 0 bridgehead atoms. The molecule has 0 amide bonds. The summed E-state index contributed by atoms with van der Waals surface area (Å²) in [6.45, 7) is 0. The molecule has 1 aromatic heterocycles. The highest BCUT2D eigenvalue weighted by molar-refractivity contribution is 5.90. The summed E-state index contributed by atoms with van der Waals surface area (Å²) in [6.07, 6.45) is 8.10. The van der Waals surface area contributed by atoms with Crippen LogP contribution in [0.15, 0.2) is 23.0 Å². The third-order valence-electron chi connectivity index (χ3n) is 3.75. The van der Waals surface area contributed by atoms with Gasteiger partial charge in [0.1, 0.15) is 0 Å². The Balaban J connectivity index is 2.12. The van der Waals surface area contributed by atoms with Crippen molar-refractivity contribution < 1.29 is 9.21 Å². The largest absolute Gasteiger partial charge is 0.472 e. The van der Waals surface area contributed by atoms with E-state index < -0.39 is 0 Å². The molecular weight excluding hydrogens is 202 g/mol. The van der Waals surface area contributed by atoms with Crippen LogP contribution in [0.1, 0.15) is 31.2 Å². The highest BCUT2D eigenvalue weighted by atomic mass is 16.3. The van der Waals surface area contributed by atoms with E-state index in [4.69, 9.17) is 4.42 Å². The lowest BCUT2D eigenvalue weighted by atomic mass is 9.87. The molecule has 0 N–H and O–H groups in total. The molecule has 16 heavy (non-hydrogen) atoms. The van der Waals surface area contributed by atoms with Gasteiger partial charge >= 0.3 is 0 Å². The van der Waals surface area contributed by atoms with E-state index in [1.165, 1.54) is 0 Å². The van der Waals surface area contributed by atoms with Gasteiger partial charge in [0.2, 0.25) is 0 Å². The second kappa shape index (κ2) is 4.42. The van der Waals surface area contributed by atoms with Crippen LogP contribution in [0, 0.1) is 0 Å². The monoisotopic (exact) mass is 221 g/mol. The summed E-state index contributed by atoms with van der Waals surface area (Å²) >= 11 is 0. The first-order chi connectivity index (χ1) is 7.65. The van der Waals surface area contributed by atoms with Gasteiger partial charge in [-0.1, -0.05) is 12.8 Å². The van der Waals surface area contributed by atoms with Crippen molar-refractivity contribution in [2.75, 3.05) is 14.1 Å². The molecule has 0 unspecified atom stereocenters. The first-order valence-corrected chi connectivity index (χ1v) is 5.87. The van der Waals surface area contributed by atoms with E-state index in [2.05, 4.69) is 4.90 Å². The summed E-state index contributed by atoms with van der Waals surface area (Å²) in [5.41, 5.74) is 0.759. The Labute approximate surface area is 96.4 Å². The Morgan fingerprint density at radius 2 is 2.12 bits per heavy atom. The van der Waals surface area contributed by atoms with Crippen LogP contribution in [-0.2, 0) is 11.2 Å². The van der Waals surface area contributed by atoms with Gasteiger partial charge in [-0.3, -0.25) is 9.69 Å². The maximum atomic E-state index is 12.4. The molecule has 1 aliphatic rings. The van der Waals surface area contributed by atoms with E-state index in [0.29, 0.717) is 12.2 Å².